The summed E-state index contributed by atoms with van der Waals surface area (Å²) < 4.78 is 15.7. The molecule has 4 aromatic rings. The first-order chi connectivity index (χ1) is 14.9. The van der Waals surface area contributed by atoms with Gasteiger partial charge in [-0.1, -0.05) is 40.2 Å². The number of hydrogen-bond donors (Lipinski definition) is 2. The normalized spacial score (nSPS) is 10.9. The van der Waals surface area contributed by atoms with Crippen LogP contribution in [0, 0.1) is 10.6 Å². The Morgan fingerprint density at radius 1 is 1.06 bits per heavy atom. The molecule has 0 atom stereocenters. The van der Waals surface area contributed by atoms with Gasteiger partial charge in [-0.3, -0.25) is 14.2 Å². The van der Waals surface area contributed by atoms with E-state index < -0.39 is 0 Å². The quantitative estimate of drug-likeness (QED) is 0.383. The molecule has 0 saturated carbocycles. The lowest BCUT2D eigenvalue weighted by Gasteiger charge is -2.10. The minimum atomic E-state index is -0.328. The zero-order valence-electron chi connectivity index (χ0n) is 16.2. The highest BCUT2D eigenvalue weighted by atomic mass is 79.9. The third-order valence-corrected chi connectivity index (χ3v) is 5.66. The van der Waals surface area contributed by atoms with Crippen LogP contribution in [0.2, 0.25) is 0 Å². The molecule has 0 aliphatic carbocycles. The first kappa shape index (κ1) is 21.1. The standard InChI is InChI=1S/C23H17BrFN3O2S/c24-17-3-1-2-15(10-17)13-28-22(30)19-9-6-16(11-20(19)27-23(28)31)21(29)26-12-14-4-7-18(25)8-5-14/h1-11H,12-13H2,(H,26,29)(H,27,31). The number of benzene rings is 3. The Labute approximate surface area is 190 Å². The molecule has 0 spiro atoms. The van der Waals surface area contributed by atoms with Crippen LogP contribution in [0.1, 0.15) is 21.5 Å². The number of aromatic amines is 1. The number of carbonyl (C=O) groups excluding carboxylic acids is 1. The van der Waals surface area contributed by atoms with Crippen LogP contribution in [0.3, 0.4) is 0 Å². The van der Waals surface area contributed by atoms with E-state index in [0.29, 0.717) is 23.0 Å². The molecule has 0 radical (unpaired) electrons. The number of fused-ring (bicyclic) bond motifs is 1. The molecule has 0 saturated heterocycles. The Morgan fingerprint density at radius 2 is 1.84 bits per heavy atom. The van der Waals surface area contributed by atoms with Crippen LogP contribution in [0.25, 0.3) is 10.9 Å². The number of rotatable bonds is 5. The van der Waals surface area contributed by atoms with Gasteiger partial charge >= 0.3 is 0 Å². The van der Waals surface area contributed by atoms with E-state index >= 15 is 0 Å². The minimum Gasteiger partial charge on any atom is -0.348 e. The molecule has 0 bridgehead atoms. The molecule has 3 aromatic carbocycles. The Hall–Kier alpha value is -3.10. The lowest BCUT2D eigenvalue weighted by Crippen LogP contribution is -2.24. The second kappa shape index (κ2) is 8.95. The maximum atomic E-state index is 13.0. The highest BCUT2D eigenvalue weighted by Gasteiger charge is 2.11. The molecular weight excluding hydrogens is 481 g/mol. The summed E-state index contributed by atoms with van der Waals surface area (Å²) in [7, 11) is 0. The molecule has 0 fully saturated rings. The molecule has 4 rings (SSSR count). The summed E-state index contributed by atoms with van der Waals surface area (Å²) in [6.45, 7) is 0.602. The number of H-pyrrole nitrogens is 1. The lowest BCUT2D eigenvalue weighted by atomic mass is 10.1. The van der Waals surface area contributed by atoms with Crippen molar-refractivity contribution >= 4 is 45.0 Å². The smallest absolute Gasteiger partial charge is 0.262 e. The van der Waals surface area contributed by atoms with Crippen molar-refractivity contribution in [2.75, 3.05) is 0 Å². The zero-order valence-corrected chi connectivity index (χ0v) is 18.6. The molecule has 0 aliphatic heterocycles. The van der Waals surface area contributed by atoms with Crippen molar-refractivity contribution in [3.05, 3.63) is 109 Å². The predicted octanol–water partition coefficient (Wildman–Crippen LogP) is 4.94. The topological polar surface area (TPSA) is 66.9 Å². The average Bonchev–Trinajstić information content (AvgIpc) is 2.75. The number of aromatic nitrogens is 2. The molecule has 31 heavy (non-hydrogen) atoms. The molecule has 1 aromatic heterocycles. The number of nitrogens with one attached hydrogen (secondary N) is 2. The first-order valence-electron chi connectivity index (χ1n) is 9.45. The number of amides is 1. The SMILES string of the molecule is O=C(NCc1ccc(F)cc1)c1ccc2c(=O)n(Cc3cccc(Br)c3)c(=S)[nH]c2c1. The van der Waals surface area contributed by atoms with Crippen LogP contribution < -0.4 is 10.9 Å². The Morgan fingerprint density at radius 3 is 2.58 bits per heavy atom. The zero-order chi connectivity index (χ0) is 22.0. The molecule has 0 aliphatic rings. The minimum absolute atomic E-state index is 0.225. The van der Waals surface area contributed by atoms with Gasteiger partial charge in [-0.25, -0.2) is 4.39 Å². The lowest BCUT2D eigenvalue weighted by molar-refractivity contribution is 0.0951. The maximum Gasteiger partial charge on any atom is 0.262 e. The molecule has 156 valence electrons. The van der Waals surface area contributed by atoms with Gasteiger partial charge in [-0.05, 0) is 65.8 Å². The number of carbonyl (C=O) groups is 1. The van der Waals surface area contributed by atoms with E-state index in [1.165, 1.54) is 16.7 Å². The van der Waals surface area contributed by atoms with Crippen molar-refractivity contribution in [3.63, 3.8) is 0 Å². The summed E-state index contributed by atoms with van der Waals surface area (Å²) in [4.78, 5) is 28.6. The van der Waals surface area contributed by atoms with E-state index in [1.807, 2.05) is 24.3 Å². The van der Waals surface area contributed by atoms with Crippen LogP contribution in [0.5, 0.6) is 0 Å². The van der Waals surface area contributed by atoms with Gasteiger partial charge < -0.3 is 10.3 Å². The summed E-state index contributed by atoms with van der Waals surface area (Å²) in [6.07, 6.45) is 0. The summed E-state index contributed by atoms with van der Waals surface area (Å²) in [5.41, 5.74) is 2.38. The van der Waals surface area contributed by atoms with Crippen molar-refractivity contribution in [3.8, 4) is 0 Å². The largest absolute Gasteiger partial charge is 0.348 e. The van der Waals surface area contributed by atoms with Gasteiger partial charge in [0.1, 0.15) is 5.82 Å². The molecule has 2 N–H and O–H groups in total. The molecule has 8 heteroatoms. The summed E-state index contributed by atoms with van der Waals surface area (Å²) in [5.74, 6) is -0.630. The van der Waals surface area contributed by atoms with Crippen molar-refractivity contribution in [1.82, 2.24) is 14.9 Å². The molecule has 1 amide bonds. The van der Waals surface area contributed by atoms with Crippen LogP contribution in [0.4, 0.5) is 4.39 Å². The van der Waals surface area contributed by atoms with E-state index in [1.54, 1.807) is 30.3 Å². The molecular formula is C23H17BrFN3O2S. The highest BCUT2D eigenvalue weighted by Crippen LogP contribution is 2.15. The monoisotopic (exact) mass is 497 g/mol. The van der Waals surface area contributed by atoms with E-state index in [2.05, 4.69) is 26.2 Å². The average molecular weight is 498 g/mol. The summed E-state index contributed by atoms with van der Waals surface area (Å²) >= 11 is 8.83. The van der Waals surface area contributed by atoms with Crippen LogP contribution in [-0.4, -0.2) is 15.5 Å². The van der Waals surface area contributed by atoms with Crippen molar-refractivity contribution < 1.29 is 9.18 Å². The van der Waals surface area contributed by atoms with Crippen LogP contribution >= 0.6 is 28.1 Å². The highest BCUT2D eigenvalue weighted by molar-refractivity contribution is 9.10. The van der Waals surface area contributed by atoms with Gasteiger partial charge in [0.25, 0.3) is 11.5 Å². The number of halogens is 2. The second-order valence-corrected chi connectivity index (χ2v) is 8.32. The van der Waals surface area contributed by atoms with Gasteiger partial charge in [0.15, 0.2) is 4.77 Å². The number of nitrogens with zero attached hydrogens (tertiary/aromatic N) is 1. The third kappa shape index (κ3) is 4.81. The van der Waals surface area contributed by atoms with E-state index in [9.17, 15) is 14.0 Å². The Bertz CT molecular complexity index is 1400. The van der Waals surface area contributed by atoms with Crippen molar-refractivity contribution in [2.45, 2.75) is 13.1 Å². The number of hydrogen-bond acceptors (Lipinski definition) is 3. The van der Waals surface area contributed by atoms with Gasteiger partial charge in [-0.2, -0.15) is 0 Å². The molecule has 1 heterocycles. The summed E-state index contributed by atoms with van der Waals surface area (Å²) in [6, 6.07) is 18.4. The van der Waals surface area contributed by atoms with Crippen LogP contribution in [0.15, 0.2) is 76.0 Å². The fourth-order valence-corrected chi connectivity index (χ4v) is 3.95. The van der Waals surface area contributed by atoms with Gasteiger partial charge in [0, 0.05) is 16.6 Å². The first-order valence-corrected chi connectivity index (χ1v) is 10.6. The third-order valence-electron chi connectivity index (χ3n) is 4.84. The fourth-order valence-electron chi connectivity index (χ4n) is 3.24. The second-order valence-electron chi connectivity index (χ2n) is 7.02. The van der Waals surface area contributed by atoms with E-state index in [-0.39, 0.29) is 28.6 Å². The fraction of sp³-hybridized carbons (Fsp3) is 0.0870. The summed E-state index contributed by atoms with van der Waals surface area (Å²) in [5, 5.41) is 3.23. The van der Waals surface area contributed by atoms with Crippen molar-refractivity contribution in [2.24, 2.45) is 0 Å². The molecule has 5 nitrogen and oxygen atoms in total. The van der Waals surface area contributed by atoms with Crippen molar-refractivity contribution in [1.29, 1.82) is 0 Å². The maximum absolute atomic E-state index is 13.0. The Kier molecular flexibility index (Phi) is 6.11. The Balaban J connectivity index is 1.59. The predicted molar refractivity (Wildman–Crippen MR) is 124 cm³/mol. The van der Waals surface area contributed by atoms with Gasteiger partial charge in [0.2, 0.25) is 0 Å². The molecule has 0 unspecified atom stereocenters. The van der Waals surface area contributed by atoms with Gasteiger partial charge in [-0.15, -0.1) is 0 Å². The van der Waals surface area contributed by atoms with Gasteiger partial charge in [0.05, 0.1) is 17.4 Å². The van der Waals surface area contributed by atoms with E-state index in [4.69, 9.17) is 12.2 Å². The van der Waals surface area contributed by atoms with Crippen LogP contribution in [-0.2, 0) is 13.1 Å². The van der Waals surface area contributed by atoms with E-state index in [0.717, 1.165) is 15.6 Å².